The number of aliphatic hydroxyl groups is 3. The number of nitrogens with zero attached hydrogens (tertiary/aromatic N) is 7. The zero-order chi connectivity index (χ0) is 29.1. The molecular formula is C20H25N10O10P. The standard InChI is InChI=1S/C20H25N10O10P/c21-15-11-16(24-4-23-15)29(5-25-11)10-1-7(32)9(38-10)3-37-41(35,36)40-14-13(33)8(2-31)39-19(14)30-6-26-12-17(30)27-20(22)28-18(12)34/h4-10,13-14,19,31-33H,1-3H2,(H,35,36)(H2,21,23,24)(H3,22,27,28,34)/t7-,8-,9-,10-,13?,14+,19-/m1/s1. The minimum atomic E-state index is -4.95. The van der Waals surface area contributed by atoms with E-state index in [1.807, 2.05) is 0 Å². The molecule has 4 aromatic heterocycles. The van der Waals surface area contributed by atoms with Gasteiger partial charge >= 0.3 is 7.82 Å². The number of nitrogens with two attached hydrogens (primary N) is 2. The highest BCUT2D eigenvalue weighted by Crippen LogP contribution is 2.50. The summed E-state index contributed by atoms with van der Waals surface area (Å²) in [7, 11) is -4.95. The van der Waals surface area contributed by atoms with E-state index in [-0.39, 0.29) is 29.4 Å². The number of nitrogen functional groups attached to an aromatic ring is 2. The molecule has 2 fully saturated rings. The summed E-state index contributed by atoms with van der Waals surface area (Å²) in [6.07, 6.45) is -4.79. The second kappa shape index (κ2) is 10.4. The summed E-state index contributed by atoms with van der Waals surface area (Å²) in [5.74, 6) is -0.0664. The van der Waals surface area contributed by atoms with Crippen LogP contribution in [-0.2, 0) is 23.1 Å². The first-order valence-corrected chi connectivity index (χ1v) is 13.6. The van der Waals surface area contributed by atoms with Gasteiger partial charge in [0.1, 0.15) is 42.5 Å². The first-order valence-electron chi connectivity index (χ1n) is 12.1. The number of fused-ring (bicyclic) bond motifs is 2. The van der Waals surface area contributed by atoms with E-state index >= 15 is 0 Å². The van der Waals surface area contributed by atoms with Crippen molar-refractivity contribution in [3.05, 3.63) is 29.3 Å². The third-order valence-electron chi connectivity index (χ3n) is 6.78. The first kappa shape index (κ1) is 27.6. The van der Waals surface area contributed by atoms with Crippen LogP contribution in [0.1, 0.15) is 18.9 Å². The largest absolute Gasteiger partial charge is 0.472 e. The minimum absolute atomic E-state index is 0.0584. The SMILES string of the molecule is Nc1nc2c(ncn2[C@@H]2O[C@H](CO)C(O)[C@@H]2OP(=O)(O)OC[C@H]2O[C@@H](n3cnc4c(N)ncnc43)C[C@H]2O)c(=O)[nH]1. The maximum Gasteiger partial charge on any atom is 0.472 e. The number of hydrogen-bond acceptors (Lipinski definition) is 16. The van der Waals surface area contributed by atoms with Crippen LogP contribution >= 0.6 is 7.82 Å². The third kappa shape index (κ3) is 4.94. The minimum Gasteiger partial charge on any atom is -0.394 e. The average Bonchev–Trinajstić information content (AvgIpc) is 3.69. The Morgan fingerprint density at radius 2 is 1.83 bits per heavy atom. The number of nitrogens with one attached hydrogen (secondary N) is 1. The van der Waals surface area contributed by atoms with Crippen LogP contribution in [0.3, 0.4) is 0 Å². The van der Waals surface area contributed by atoms with E-state index in [1.165, 1.54) is 17.2 Å². The molecule has 2 saturated heterocycles. The number of anilines is 2. The van der Waals surface area contributed by atoms with Crippen LogP contribution in [0, 0.1) is 0 Å². The van der Waals surface area contributed by atoms with Crippen LogP contribution in [0.15, 0.2) is 23.8 Å². The Morgan fingerprint density at radius 1 is 1.07 bits per heavy atom. The lowest BCUT2D eigenvalue weighted by Gasteiger charge is -2.25. The average molecular weight is 596 g/mol. The number of aromatic amines is 1. The van der Waals surface area contributed by atoms with E-state index in [2.05, 4.69) is 29.9 Å². The lowest BCUT2D eigenvalue weighted by atomic mass is 10.1. The molecule has 9 N–H and O–H groups in total. The van der Waals surface area contributed by atoms with Crippen LogP contribution in [0.2, 0.25) is 0 Å². The molecule has 0 aromatic carbocycles. The predicted molar refractivity (Wildman–Crippen MR) is 134 cm³/mol. The van der Waals surface area contributed by atoms with E-state index in [0.29, 0.717) is 11.2 Å². The van der Waals surface area contributed by atoms with Gasteiger partial charge < -0.3 is 41.2 Å². The molecule has 220 valence electrons. The summed E-state index contributed by atoms with van der Waals surface area (Å²) >= 11 is 0. The Kier molecular flexibility index (Phi) is 6.96. The van der Waals surface area contributed by atoms with E-state index in [1.54, 1.807) is 4.57 Å². The molecule has 2 unspecified atom stereocenters. The molecular weight excluding hydrogens is 571 g/mol. The first-order chi connectivity index (χ1) is 19.6. The number of H-pyrrole nitrogens is 1. The number of rotatable bonds is 8. The van der Waals surface area contributed by atoms with Gasteiger partial charge in [0.15, 0.2) is 28.9 Å². The topological polar surface area (TPSA) is 294 Å². The zero-order valence-corrected chi connectivity index (χ0v) is 21.8. The Bertz CT molecular complexity index is 1690. The molecule has 0 radical (unpaired) electrons. The molecule has 6 rings (SSSR count). The van der Waals surface area contributed by atoms with E-state index in [0.717, 1.165) is 6.33 Å². The highest BCUT2D eigenvalue weighted by atomic mass is 31.2. The number of aromatic nitrogens is 8. The van der Waals surface area contributed by atoms with Gasteiger partial charge in [0.2, 0.25) is 5.95 Å². The summed E-state index contributed by atoms with van der Waals surface area (Å²) in [5.41, 5.74) is 11.3. The fourth-order valence-electron chi connectivity index (χ4n) is 4.80. The molecule has 2 aliphatic heterocycles. The quantitative estimate of drug-likeness (QED) is 0.104. The maximum absolute atomic E-state index is 13.0. The molecule has 6 heterocycles. The molecule has 4 aromatic rings. The van der Waals surface area contributed by atoms with Crippen LogP contribution < -0.4 is 17.0 Å². The summed E-state index contributed by atoms with van der Waals surface area (Å²) in [4.78, 5) is 45.1. The predicted octanol–water partition coefficient (Wildman–Crippen LogP) is -2.47. The van der Waals surface area contributed by atoms with Gasteiger partial charge in [0.05, 0.1) is 32.0 Å². The second-order valence-corrected chi connectivity index (χ2v) is 10.8. The smallest absolute Gasteiger partial charge is 0.394 e. The van der Waals surface area contributed by atoms with E-state index in [4.69, 9.17) is 30.0 Å². The molecule has 8 atom stereocenters. The lowest BCUT2D eigenvalue weighted by molar-refractivity contribution is -0.0593. The monoisotopic (exact) mass is 596 g/mol. The van der Waals surface area contributed by atoms with Gasteiger partial charge in [-0.25, -0.2) is 24.5 Å². The van der Waals surface area contributed by atoms with Gasteiger partial charge in [0, 0.05) is 6.42 Å². The molecule has 20 nitrogen and oxygen atoms in total. The van der Waals surface area contributed by atoms with Crippen molar-refractivity contribution in [3.8, 4) is 0 Å². The summed E-state index contributed by atoms with van der Waals surface area (Å²) < 4.78 is 37.5. The van der Waals surface area contributed by atoms with Crippen LogP contribution in [0.5, 0.6) is 0 Å². The lowest BCUT2D eigenvalue weighted by Crippen LogP contribution is -2.35. The number of phosphoric ester groups is 1. The fourth-order valence-corrected chi connectivity index (χ4v) is 5.74. The van der Waals surface area contributed by atoms with Crippen molar-refractivity contribution < 1.29 is 43.3 Å². The molecule has 0 amide bonds. The fraction of sp³-hybridized carbons (Fsp3) is 0.500. The highest BCUT2D eigenvalue weighted by Gasteiger charge is 2.49. The number of imidazole rings is 2. The number of hydrogen-bond donors (Lipinski definition) is 7. The van der Waals surface area contributed by atoms with Crippen LogP contribution in [0.4, 0.5) is 11.8 Å². The van der Waals surface area contributed by atoms with Crippen molar-refractivity contribution in [2.45, 2.75) is 49.4 Å². The normalized spacial score (nSPS) is 29.9. The Labute approximate surface area is 228 Å². The Hall–Kier alpha value is -3.59. The second-order valence-electron chi connectivity index (χ2n) is 9.36. The van der Waals surface area contributed by atoms with Gasteiger partial charge in [-0.05, 0) is 0 Å². The molecule has 0 aliphatic carbocycles. The van der Waals surface area contributed by atoms with Crippen molar-refractivity contribution in [2.75, 3.05) is 24.7 Å². The van der Waals surface area contributed by atoms with Crippen molar-refractivity contribution in [3.63, 3.8) is 0 Å². The summed E-state index contributed by atoms with van der Waals surface area (Å²) in [6.45, 7) is -1.24. The van der Waals surface area contributed by atoms with Crippen LogP contribution in [-0.4, -0.2) is 103 Å². The van der Waals surface area contributed by atoms with Crippen molar-refractivity contribution in [1.82, 2.24) is 39.0 Å². The number of ether oxygens (including phenoxy) is 2. The van der Waals surface area contributed by atoms with Crippen molar-refractivity contribution >= 4 is 41.9 Å². The highest BCUT2D eigenvalue weighted by molar-refractivity contribution is 7.47. The zero-order valence-electron chi connectivity index (χ0n) is 20.9. The van der Waals surface area contributed by atoms with Gasteiger partial charge in [-0.3, -0.25) is 28.0 Å². The van der Waals surface area contributed by atoms with Gasteiger partial charge in [-0.2, -0.15) is 4.98 Å². The Balaban J connectivity index is 1.17. The van der Waals surface area contributed by atoms with Gasteiger partial charge in [-0.15, -0.1) is 0 Å². The summed E-state index contributed by atoms with van der Waals surface area (Å²) in [5, 5.41) is 30.9. The van der Waals surface area contributed by atoms with Gasteiger partial charge in [0.25, 0.3) is 5.56 Å². The molecule has 0 bridgehead atoms. The molecule has 21 heteroatoms. The summed E-state index contributed by atoms with van der Waals surface area (Å²) in [6, 6.07) is 0. The molecule has 0 saturated carbocycles. The Morgan fingerprint density at radius 3 is 2.61 bits per heavy atom. The van der Waals surface area contributed by atoms with Crippen molar-refractivity contribution in [1.29, 1.82) is 0 Å². The number of aliphatic hydroxyl groups excluding tert-OH is 3. The maximum atomic E-state index is 13.0. The molecule has 41 heavy (non-hydrogen) atoms. The van der Waals surface area contributed by atoms with Crippen molar-refractivity contribution in [2.24, 2.45) is 0 Å². The van der Waals surface area contributed by atoms with E-state index < -0.39 is 69.6 Å². The van der Waals surface area contributed by atoms with Crippen LogP contribution in [0.25, 0.3) is 22.3 Å². The molecule has 2 aliphatic rings. The van der Waals surface area contributed by atoms with Gasteiger partial charge in [-0.1, -0.05) is 0 Å². The molecule has 0 spiro atoms. The third-order valence-corrected chi connectivity index (χ3v) is 7.76. The van der Waals surface area contributed by atoms with E-state index in [9.17, 15) is 29.6 Å². The number of phosphoric acid groups is 1.